The topological polar surface area (TPSA) is 145 Å². The van der Waals surface area contributed by atoms with Crippen molar-refractivity contribution in [2.24, 2.45) is 0 Å². The number of piperazine rings is 2. The van der Waals surface area contributed by atoms with Crippen LogP contribution >= 0.6 is 0 Å². The second-order valence-electron chi connectivity index (χ2n) is 19.1. The molecular weight excluding hydrogens is 961 g/mol. The van der Waals surface area contributed by atoms with E-state index in [2.05, 4.69) is 15.1 Å². The summed E-state index contributed by atoms with van der Waals surface area (Å²) in [5.74, 6) is 1.50. The van der Waals surface area contributed by atoms with Crippen LogP contribution < -0.4 is 14.8 Å². The van der Waals surface area contributed by atoms with Crippen LogP contribution in [0.3, 0.4) is 0 Å². The van der Waals surface area contributed by atoms with Gasteiger partial charge in [0.05, 0.1) is 20.8 Å². The second-order valence-corrected chi connectivity index (χ2v) is 22.8. The van der Waals surface area contributed by atoms with Crippen molar-refractivity contribution in [2.45, 2.75) is 62.5 Å². The van der Waals surface area contributed by atoms with E-state index in [9.17, 15) is 21.6 Å². The Kier molecular flexibility index (Phi) is 15.7. The molecule has 0 saturated carbocycles. The smallest absolute Gasteiger partial charge is 0.410 e. The Bertz CT molecular complexity index is 3350. The van der Waals surface area contributed by atoms with Gasteiger partial charge in [-0.2, -0.15) is 0 Å². The molecule has 14 nitrogen and oxygen atoms in total. The molecule has 10 rings (SSSR count). The summed E-state index contributed by atoms with van der Waals surface area (Å²) in [4.78, 5) is 19.4. The summed E-state index contributed by atoms with van der Waals surface area (Å²) in [5, 5.41) is 5.11. The fourth-order valence-electron chi connectivity index (χ4n) is 9.10. The Hall–Kier alpha value is -6.95. The fraction of sp³-hybridized carbons (Fsp3) is 0.281. The molecule has 2 fully saturated rings. The van der Waals surface area contributed by atoms with Gasteiger partial charge in [0.25, 0.3) is 20.0 Å². The predicted octanol–water partition coefficient (Wildman–Crippen LogP) is 9.37. The number of fused-ring (bicyclic) bond motifs is 2. The molecule has 8 aromatic rings. The molecule has 0 unspecified atom stereocenters. The molecule has 0 spiro atoms. The van der Waals surface area contributed by atoms with E-state index in [1.54, 1.807) is 78.0 Å². The maximum Gasteiger partial charge on any atom is 0.410 e. The van der Waals surface area contributed by atoms with Crippen LogP contribution in [0.4, 0.5) is 4.79 Å². The quantitative estimate of drug-likeness (QED) is 0.111. The molecule has 4 heterocycles. The van der Waals surface area contributed by atoms with Gasteiger partial charge in [0, 0.05) is 99.7 Å². The largest absolute Gasteiger partial charge is 0.489 e. The highest BCUT2D eigenvalue weighted by Gasteiger charge is 2.28. The highest BCUT2D eigenvalue weighted by molar-refractivity contribution is 7.90. The van der Waals surface area contributed by atoms with E-state index >= 15 is 0 Å². The van der Waals surface area contributed by atoms with Crippen molar-refractivity contribution < 1.29 is 35.8 Å². The zero-order chi connectivity index (χ0) is 51.0. The van der Waals surface area contributed by atoms with E-state index in [1.165, 1.54) is 7.94 Å². The van der Waals surface area contributed by atoms with Crippen molar-refractivity contribution in [3.8, 4) is 11.5 Å². The molecule has 2 aliphatic rings. The average Bonchev–Trinajstić information content (AvgIpc) is 4.06. The van der Waals surface area contributed by atoms with Crippen molar-refractivity contribution in [3.63, 3.8) is 0 Å². The third-order valence-corrected chi connectivity index (χ3v) is 16.3. The molecule has 0 radical (unpaired) electrons. The summed E-state index contributed by atoms with van der Waals surface area (Å²) in [5.41, 5.74) is 4.80. The van der Waals surface area contributed by atoms with E-state index in [1.807, 2.05) is 118 Å². The number of rotatable bonds is 14. The molecule has 0 atom stereocenters. The Balaban J connectivity index is 0.000000183. The highest BCUT2D eigenvalue weighted by atomic mass is 32.2. The van der Waals surface area contributed by atoms with Crippen LogP contribution in [0, 0.1) is 0 Å². The molecule has 2 saturated heterocycles. The molecule has 1 N–H and O–H groups in total. The average molecular weight is 1020 g/mol. The number of carbonyl (C=O) groups is 1. The maximum absolute atomic E-state index is 13.5. The molecule has 0 bridgehead atoms. The lowest BCUT2D eigenvalue weighted by molar-refractivity contribution is 0.0138. The molecule has 6 aromatic carbocycles. The van der Waals surface area contributed by atoms with Gasteiger partial charge in [0.2, 0.25) is 0 Å². The van der Waals surface area contributed by atoms with Crippen molar-refractivity contribution in [1.82, 2.24) is 28.0 Å². The number of amides is 1. The number of ether oxygens (including phenoxy) is 3. The number of nitrogens with zero attached hydrogens (tertiary/aromatic N) is 5. The number of carbonyl (C=O) groups excluding carboxylic acids is 1. The van der Waals surface area contributed by atoms with Crippen LogP contribution in [0.25, 0.3) is 21.8 Å². The molecular formula is C57H62N6O8S2. The summed E-state index contributed by atoms with van der Waals surface area (Å²) in [6, 6.07) is 48.1. The Morgan fingerprint density at radius 2 is 0.904 bits per heavy atom. The number of hydrogen-bond acceptors (Lipinski definition) is 11. The lowest BCUT2D eigenvalue weighted by atomic mass is 10.1. The van der Waals surface area contributed by atoms with Crippen molar-refractivity contribution in [1.29, 1.82) is 0 Å². The SMILES string of the molecule is CC(C)(C)OC(=O)N1CCN(Cc2c(OCc3ccccc3)ccc3c2ccn3S(=O)(=O)c2ccccc2)CC1.O=S(=O)(c1ccccc1)n1ccc2c(CN3CCNCC3)c(OCc3ccccc3)ccc21. The summed E-state index contributed by atoms with van der Waals surface area (Å²) in [6.07, 6.45) is 2.96. The van der Waals surface area contributed by atoms with Crippen LogP contribution in [0.1, 0.15) is 43.0 Å². The third-order valence-electron chi connectivity index (χ3n) is 12.9. The first-order chi connectivity index (χ1) is 35.2. The van der Waals surface area contributed by atoms with Crippen LogP contribution in [0.2, 0.25) is 0 Å². The van der Waals surface area contributed by atoms with Gasteiger partial charge in [-0.25, -0.2) is 29.6 Å². The monoisotopic (exact) mass is 1020 g/mol. The van der Waals surface area contributed by atoms with Crippen LogP contribution in [0.15, 0.2) is 180 Å². The number of aromatic nitrogens is 2. The Labute approximate surface area is 428 Å². The molecule has 1 amide bonds. The van der Waals surface area contributed by atoms with Gasteiger partial charge in [-0.3, -0.25) is 9.80 Å². The molecule has 2 aliphatic heterocycles. The fourth-order valence-corrected chi connectivity index (χ4v) is 11.8. The predicted molar refractivity (Wildman–Crippen MR) is 285 cm³/mol. The highest BCUT2D eigenvalue weighted by Crippen LogP contribution is 2.35. The van der Waals surface area contributed by atoms with E-state index in [0.29, 0.717) is 69.3 Å². The normalized spacial score (nSPS) is 14.9. The molecule has 0 aliphatic carbocycles. The van der Waals surface area contributed by atoms with Gasteiger partial charge < -0.3 is 24.4 Å². The van der Waals surface area contributed by atoms with E-state index in [0.717, 1.165) is 65.0 Å². The minimum Gasteiger partial charge on any atom is -0.489 e. The molecule has 2 aromatic heterocycles. The van der Waals surface area contributed by atoms with E-state index in [4.69, 9.17) is 14.2 Å². The lowest BCUT2D eigenvalue weighted by Crippen LogP contribution is -2.49. The first kappa shape index (κ1) is 51.0. The maximum atomic E-state index is 13.5. The van der Waals surface area contributed by atoms with Crippen LogP contribution in [-0.2, 0) is 51.1 Å². The Morgan fingerprint density at radius 1 is 0.507 bits per heavy atom. The summed E-state index contributed by atoms with van der Waals surface area (Å²) in [6.45, 7) is 13.9. The van der Waals surface area contributed by atoms with Gasteiger partial charge in [0.1, 0.15) is 30.3 Å². The zero-order valence-corrected chi connectivity index (χ0v) is 43.1. The van der Waals surface area contributed by atoms with Gasteiger partial charge in [-0.1, -0.05) is 97.1 Å². The second kappa shape index (κ2) is 22.4. The van der Waals surface area contributed by atoms with Crippen molar-refractivity contribution >= 4 is 47.9 Å². The number of nitrogens with one attached hydrogen (secondary N) is 1. The number of hydrogen-bond donors (Lipinski definition) is 1. The molecule has 380 valence electrons. The van der Waals surface area contributed by atoms with Gasteiger partial charge in [-0.15, -0.1) is 0 Å². The summed E-state index contributed by atoms with van der Waals surface area (Å²) >= 11 is 0. The first-order valence-electron chi connectivity index (χ1n) is 24.6. The van der Waals surface area contributed by atoms with E-state index < -0.39 is 25.6 Å². The minimum atomic E-state index is -3.77. The first-order valence-corrected chi connectivity index (χ1v) is 27.5. The van der Waals surface area contributed by atoms with Gasteiger partial charge >= 0.3 is 6.09 Å². The lowest BCUT2D eigenvalue weighted by Gasteiger charge is -2.35. The summed E-state index contributed by atoms with van der Waals surface area (Å²) in [7, 11) is -7.46. The van der Waals surface area contributed by atoms with Gasteiger partial charge in [-0.05, 0) is 92.6 Å². The molecule has 73 heavy (non-hydrogen) atoms. The number of benzene rings is 6. The summed E-state index contributed by atoms with van der Waals surface area (Å²) < 4.78 is 74.4. The molecule has 16 heteroatoms. The van der Waals surface area contributed by atoms with E-state index in [-0.39, 0.29) is 15.9 Å². The Morgan fingerprint density at radius 3 is 1.32 bits per heavy atom. The van der Waals surface area contributed by atoms with Crippen LogP contribution in [-0.4, -0.2) is 104 Å². The van der Waals surface area contributed by atoms with Gasteiger partial charge in [0.15, 0.2) is 0 Å². The standard InChI is InChI=1S/C31H35N3O5S.C26H27N3O3S/c1-31(2,3)39-30(35)33-20-18-32(19-21-33)22-27-26-16-17-34(40(36,37)25-12-8-5-9-13-25)28(26)14-15-29(27)38-23-24-10-6-4-7-11-24;30-33(31,22-9-5-2-6-10-22)29-16-13-23-24(19-28-17-14-27-15-18-28)26(12-11-25(23)29)32-20-21-7-3-1-4-8-21/h4-17H,18-23H2,1-3H3;1-13,16,27H,14-15,17-20H2. The zero-order valence-electron chi connectivity index (χ0n) is 41.5. The third kappa shape index (κ3) is 12.1. The van der Waals surface area contributed by atoms with Crippen molar-refractivity contribution in [3.05, 3.63) is 192 Å². The van der Waals surface area contributed by atoms with Crippen molar-refractivity contribution in [2.75, 3.05) is 52.4 Å². The minimum absolute atomic E-state index is 0.233. The van der Waals surface area contributed by atoms with Crippen LogP contribution in [0.5, 0.6) is 11.5 Å².